The number of alkyl halides is 6. The van der Waals surface area contributed by atoms with E-state index in [0.29, 0.717) is 41.7 Å². The Bertz CT molecular complexity index is 3520. The number of methoxy groups -OCH3 is 1. The van der Waals surface area contributed by atoms with Gasteiger partial charge in [-0.1, -0.05) is 113 Å². The summed E-state index contributed by atoms with van der Waals surface area (Å²) in [6.45, 7) is 5.24. The molecule has 426 valence electrons. The van der Waals surface area contributed by atoms with E-state index in [1.165, 1.54) is 139 Å². The van der Waals surface area contributed by atoms with E-state index in [9.17, 15) is 31.5 Å². The first kappa shape index (κ1) is 56.4. The fourth-order valence-corrected chi connectivity index (χ4v) is 13.3. The molecular formula is C68H62F8O6. The van der Waals surface area contributed by atoms with Gasteiger partial charge in [0, 0.05) is 27.5 Å². The molecule has 0 aromatic heterocycles. The maximum Gasteiger partial charge on any atom is 0.416 e. The third-order valence-corrected chi connectivity index (χ3v) is 17.6. The maximum atomic E-state index is 15.2. The summed E-state index contributed by atoms with van der Waals surface area (Å²) >= 11 is 0. The highest BCUT2D eigenvalue weighted by atomic mass is 19.4. The van der Waals surface area contributed by atoms with Crippen LogP contribution in [0.1, 0.15) is 148 Å². The molecule has 0 atom stereocenters. The van der Waals surface area contributed by atoms with Crippen LogP contribution in [0.15, 0.2) is 127 Å². The SMILES string of the molecule is CCCCC[C@H]1CC[C@H](c2ccc(-c3ccc(OC(=O)C4CCC(C(=O)Oc5cc6c7c(c8c(c6cc5OC)OC(c5ccc(F)cc5)(c5ccc(F)cc5)C=C8)C(C)(C)c5c-7cc(C(F)(F)F)cc5C(F)(F)F)CC4)cc3)cc2)CC1. The molecule has 7 aromatic carbocycles. The van der Waals surface area contributed by atoms with Crippen molar-refractivity contribution in [1.82, 2.24) is 0 Å². The van der Waals surface area contributed by atoms with E-state index in [2.05, 4.69) is 31.2 Å². The van der Waals surface area contributed by atoms with Crippen LogP contribution in [0, 0.1) is 29.4 Å². The standard InChI is InChI=1S/C68H62F8O6/c1-5-6-7-8-39-9-11-40(12-10-39)41-13-15-42(16-14-41)43-21-31-51(32-22-43)80-63(77)44-17-19-45(20-18-44)64(78)81-58-37-53-54(38-57(58)79-4)62-52(33-34-66(82-62,46-23-27-49(69)28-24-46)47-25-29-50(70)30-26-47)61-59(53)55-35-48(67(71,72)73)36-56(68(74,75)76)60(55)65(61,2)3/h13-16,21-40,44-45H,5-12,17-20H2,1-4H3/t39-,40-,44?,45?. The quantitative estimate of drug-likeness (QED) is 0.0496. The Kier molecular flexibility index (Phi) is 15.1. The van der Waals surface area contributed by atoms with Crippen molar-refractivity contribution in [1.29, 1.82) is 0 Å². The lowest BCUT2D eigenvalue weighted by Crippen LogP contribution is -2.35. The van der Waals surface area contributed by atoms with E-state index in [1.54, 1.807) is 24.3 Å². The molecule has 6 nitrogen and oxygen atoms in total. The van der Waals surface area contributed by atoms with Crippen LogP contribution in [-0.4, -0.2) is 19.0 Å². The van der Waals surface area contributed by atoms with Crippen LogP contribution in [0.4, 0.5) is 35.1 Å². The fraction of sp³-hybridized carbons (Fsp3) is 0.353. The van der Waals surface area contributed by atoms with Crippen molar-refractivity contribution in [3.8, 4) is 45.3 Å². The molecule has 3 aliphatic carbocycles. The molecule has 2 saturated carbocycles. The molecule has 0 amide bonds. The summed E-state index contributed by atoms with van der Waals surface area (Å²) in [5.74, 6) is -1.71. The van der Waals surface area contributed by atoms with Gasteiger partial charge in [0.15, 0.2) is 17.1 Å². The first-order valence-electron chi connectivity index (χ1n) is 28.3. The predicted octanol–water partition coefficient (Wildman–Crippen LogP) is 18.7. The van der Waals surface area contributed by atoms with Gasteiger partial charge in [0.2, 0.25) is 0 Å². The molecule has 0 saturated heterocycles. The van der Waals surface area contributed by atoms with Crippen molar-refractivity contribution in [2.24, 2.45) is 17.8 Å². The lowest BCUT2D eigenvalue weighted by molar-refractivity contribution is -0.145. The molecule has 7 aromatic rings. The number of hydrogen-bond donors (Lipinski definition) is 0. The Morgan fingerprint density at radius 2 is 1.18 bits per heavy atom. The van der Waals surface area contributed by atoms with Crippen LogP contribution in [0.25, 0.3) is 39.1 Å². The van der Waals surface area contributed by atoms with Crippen LogP contribution in [0.2, 0.25) is 0 Å². The number of rotatable bonds is 13. The zero-order chi connectivity index (χ0) is 57.9. The molecule has 11 rings (SSSR count). The van der Waals surface area contributed by atoms with E-state index in [-0.39, 0.29) is 69.2 Å². The number of benzene rings is 7. The minimum absolute atomic E-state index is 0.0151. The van der Waals surface area contributed by atoms with Crippen molar-refractivity contribution < 1.29 is 63.7 Å². The van der Waals surface area contributed by atoms with E-state index in [1.807, 2.05) is 12.1 Å². The van der Waals surface area contributed by atoms with Crippen molar-refractivity contribution in [2.75, 3.05) is 7.11 Å². The van der Waals surface area contributed by atoms with Gasteiger partial charge in [-0.2, -0.15) is 26.3 Å². The van der Waals surface area contributed by atoms with Gasteiger partial charge in [-0.05, 0) is 174 Å². The highest BCUT2D eigenvalue weighted by Crippen LogP contribution is 2.62. The zero-order valence-corrected chi connectivity index (χ0v) is 46.0. The molecule has 0 unspecified atom stereocenters. The van der Waals surface area contributed by atoms with Gasteiger partial charge in [-0.25, -0.2) is 8.78 Å². The molecular weight excluding hydrogens is 1060 g/mol. The van der Waals surface area contributed by atoms with Crippen LogP contribution in [0.3, 0.4) is 0 Å². The van der Waals surface area contributed by atoms with Gasteiger partial charge in [0.1, 0.15) is 23.1 Å². The summed E-state index contributed by atoms with van der Waals surface area (Å²) in [4.78, 5) is 27.8. The molecule has 82 heavy (non-hydrogen) atoms. The number of halogens is 8. The Hall–Kier alpha value is -7.48. The summed E-state index contributed by atoms with van der Waals surface area (Å²) in [5, 5.41) is 0.248. The lowest BCUT2D eigenvalue weighted by Gasteiger charge is -2.38. The smallest absolute Gasteiger partial charge is 0.416 e. The maximum absolute atomic E-state index is 15.2. The molecule has 0 bridgehead atoms. The van der Waals surface area contributed by atoms with Crippen molar-refractivity contribution in [3.05, 3.63) is 184 Å². The number of carbonyl (C=O) groups excluding carboxylic acids is 2. The van der Waals surface area contributed by atoms with Crippen molar-refractivity contribution >= 4 is 28.8 Å². The topological polar surface area (TPSA) is 71.1 Å². The minimum atomic E-state index is -5.22. The molecule has 0 radical (unpaired) electrons. The van der Waals surface area contributed by atoms with Crippen LogP contribution < -0.4 is 18.9 Å². The number of ether oxygens (including phenoxy) is 4. The second-order valence-corrected chi connectivity index (χ2v) is 23.0. The highest BCUT2D eigenvalue weighted by Gasteiger charge is 2.50. The monoisotopic (exact) mass is 1130 g/mol. The van der Waals surface area contributed by atoms with E-state index in [0.717, 1.165) is 17.0 Å². The Morgan fingerprint density at radius 1 is 0.622 bits per heavy atom. The summed E-state index contributed by atoms with van der Waals surface area (Å²) < 4.78 is 144. The van der Waals surface area contributed by atoms with Crippen LogP contribution in [0.5, 0.6) is 23.0 Å². The second kappa shape index (κ2) is 22.0. The first-order valence-corrected chi connectivity index (χ1v) is 28.3. The minimum Gasteiger partial charge on any atom is -0.493 e. The van der Waals surface area contributed by atoms with Gasteiger partial charge < -0.3 is 18.9 Å². The summed E-state index contributed by atoms with van der Waals surface area (Å²) in [6.07, 6.45) is 4.22. The Labute approximate surface area is 471 Å². The molecule has 2 fully saturated rings. The summed E-state index contributed by atoms with van der Waals surface area (Å²) in [5.41, 5.74) is -2.27. The molecule has 14 heteroatoms. The van der Waals surface area contributed by atoms with Crippen molar-refractivity contribution in [3.63, 3.8) is 0 Å². The van der Waals surface area contributed by atoms with Gasteiger partial charge in [-0.15, -0.1) is 0 Å². The number of fused-ring (bicyclic) bond motifs is 8. The van der Waals surface area contributed by atoms with Gasteiger partial charge >= 0.3 is 24.3 Å². The molecule has 1 heterocycles. The number of unbranched alkanes of at least 4 members (excludes halogenated alkanes) is 2. The summed E-state index contributed by atoms with van der Waals surface area (Å²) in [6, 6.07) is 30.6. The van der Waals surface area contributed by atoms with E-state index in [4.69, 9.17) is 18.9 Å². The predicted molar refractivity (Wildman–Crippen MR) is 299 cm³/mol. The zero-order valence-electron chi connectivity index (χ0n) is 46.0. The number of carbonyl (C=O) groups is 2. The Morgan fingerprint density at radius 3 is 1.73 bits per heavy atom. The molecule has 0 spiro atoms. The molecule has 4 aliphatic rings. The number of esters is 2. The van der Waals surface area contributed by atoms with E-state index >= 15 is 13.2 Å². The fourth-order valence-electron chi connectivity index (χ4n) is 13.3. The van der Waals surface area contributed by atoms with Crippen molar-refractivity contribution in [2.45, 2.75) is 127 Å². The van der Waals surface area contributed by atoms with E-state index < -0.39 is 75.5 Å². The lowest BCUT2D eigenvalue weighted by atomic mass is 9.75. The van der Waals surface area contributed by atoms with Gasteiger partial charge in [0.25, 0.3) is 0 Å². The molecule has 1 aliphatic heterocycles. The molecule has 0 N–H and O–H groups in total. The van der Waals surface area contributed by atoms with Crippen LogP contribution >= 0.6 is 0 Å². The van der Waals surface area contributed by atoms with Gasteiger partial charge in [0.05, 0.1) is 30.1 Å². The first-order chi connectivity index (χ1) is 39.2. The highest BCUT2D eigenvalue weighted by molar-refractivity contribution is 6.10. The third-order valence-electron chi connectivity index (χ3n) is 17.6. The average Bonchev–Trinajstić information content (AvgIpc) is 1.87. The average molecular weight is 1130 g/mol. The van der Waals surface area contributed by atoms with Crippen LogP contribution in [-0.2, 0) is 33.0 Å². The second-order valence-electron chi connectivity index (χ2n) is 23.0. The largest absolute Gasteiger partial charge is 0.493 e. The Balaban J connectivity index is 0.859. The summed E-state index contributed by atoms with van der Waals surface area (Å²) in [7, 11) is 1.31. The third kappa shape index (κ3) is 10.7. The number of hydrogen-bond acceptors (Lipinski definition) is 6. The normalized spacial score (nSPS) is 19.9. The van der Waals surface area contributed by atoms with Gasteiger partial charge in [-0.3, -0.25) is 9.59 Å².